The number of carbonyl (C=O) groups is 1. The summed E-state index contributed by atoms with van der Waals surface area (Å²) in [6.45, 7) is 6.18. The molecule has 0 saturated carbocycles. The molecule has 0 atom stereocenters. The lowest BCUT2D eigenvalue weighted by Crippen LogP contribution is -2.37. The Balaban J connectivity index is 2.12. The van der Waals surface area contributed by atoms with Gasteiger partial charge < -0.3 is 9.30 Å². The molecule has 2 aromatic heterocycles. The molecule has 0 unspecified atom stereocenters. The van der Waals surface area contributed by atoms with E-state index >= 15 is 0 Å². The molecule has 0 bridgehead atoms. The van der Waals surface area contributed by atoms with E-state index in [0.29, 0.717) is 43.0 Å². The molecule has 0 N–H and O–H groups in total. The van der Waals surface area contributed by atoms with E-state index in [9.17, 15) is 14.4 Å². The van der Waals surface area contributed by atoms with E-state index in [1.165, 1.54) is 11.6 Å². The highest BCUT2D eigenvalue weighted by Crippen LogP contribution is 2.26. The minimum Gasteiger partial charge on any atom is -0.466 e. The Morgan fingerprint density at radius 2 is 1.90 bits per heavy atom. The van der Waals surface area contributed by atoms with Gasteiger partial charge in [-0.2, -0.15) is 0 Å². The number of fused-ring (bicyclic) bond motifs is 1. The fourth-order valence-electron chi connectivity index (χ4n) is 3.52. The van der Waals surface area contributed by atoms with Gasteiger partial charge in [0.05, 0.1) is 12.0 Å². The van der Waals surface area contributed by atoms with Gasteiger partial charge in [-0.3, -0.25) is 18.7 Å². The lowest BCUT2D eigenvalue weighted by atomic mass is 9.88. The number of carbonyl (C=O) groups excluding carboxylic acids is 1. The summed E-state index contributed by atoms with van der Waals surface area (Å²) in [4.78, 5) is 42.4. The molecule has 8 nitrogen and oxygen atoms in total. The van der Waals surface area contributed by atoms with Crippen molar-refractivity contribution >= 4 is 33.1 Å². The number of hydrogen-bond donors (Lipinski definition) is 0. The molecular formula is C22H27BrN4O4. The number of hydrogen-bond acceptors (Lipinski definition) is 5. The van der Waals surface area contributed by atoms with Crippen molar-refractivity contribution in [1.29, 1.82) is 0 Å². The molecule has 0 aliphatic heterocycles. The highest BCUT2D eigenvalue weighted by molar-refractivity contribution is 9.10. The van der Waals surface area contributed by atoms with Crippen LogP contribution < -0.4 is 11.2 Å². The van der Waals surface area contributed by atoms with Gasteiger partial charge in [0.25, 0.3) is 5.56 Å². The van der Waals surface area contributed by atoms with Crippen LogP contribution in [0, 0.1) is 5.41 Å². The third-order valence-corrected chi connectivity index (χ3v) is 5.95. The van der Waals surface area contributed by atoms with Crippen molar-refractivity contribution in [3.63, 3.8) is 0 Å². The van der Waals surface area contributed by atoms with E-state index in [2.05, 4.69) is 20.9 Å². The molecule has 1 aromatic carbocycles. The Morgan fingerprint density at radius 1 is 1.19 bits per heavy atom. The summed E-state index contributed by atoms with van der Waals surface area (Å²) < 4.78 is 10.4. The molecule has 0 radical (unpaired) electrons. The third-order valence-electron chi connectivity index (χ3n) is 5.46. The zero-order chi connectivity index (χ0) is 22.9. The predicted octanol–water partition coefficient (Wildman–Crippen LogP) is 2.77. The van der Waals surface area contributed by atoms with Gasteiger partial charge in [-0.05, 0) is 44.9 Å². The van der Waals surface area contributed by atoms with Gasteiger partial charge >= 0.3 is 11.7 Å². The quantitative estimate of drug-likeness (QED) is 0.475. The maximum atomic E-state index is 13.0. The van der Waals surface area contributed by atoms with E-state index in [0.717, 1.165) is 14.6 Å². The van der Waals surface area contributed by atoms with E-state index in [-0.39, 0.29) is 5.97 Å². The molecule has 9 heteroatoms. The summed E-state index contributed by atoms with van der Waals surface area (Å²) in [6.07, 6.45) is 0.938. The number of ether oxygens (including phenoxy) is 1. The Labute approximate surface area is 188 Å². The first-order valence-electron chi connectivity index (χ1n) is 10.1. The summed E-state index contributed by atoms with van der Waals surface area (Å²) in [5, 5.41) is 0. The smallest absolute Gasteiger partial charge is 0.332 e. The van der Waals surface area contributed by atoms with Crippen LogP contribution in [0.5, 0.6) is 0 Å². The van der Waals surface area contributed by atoms with Gasteiger partial charge in [-0.1, -0.05) is 28.1 Å². The van der Waals surface area contributed by atoms with Gasteiger partial charge in [0, 0.05) is 31.5 Å². The average molecular weight is 491 g/mol. The second kappa shape index (κ2) is 8.82. The molecule has 0 aliphatic rings. The first-order chi connectivity index (χ1) is 14.6. The Kier molecular flexibility index (Phi) is 6.54. The van der Waals surface area contributed by atoms with Gasteiger partial charge in [0.2, 0.25) is 0 Å². The van der Waals surface area contributed by atoms with Crippen molar-refractivity contribution in [2.24, 2.45) is 19.5 Å². The van der Waals surface area contributed by atoms with Crippen molar-refractivity contribution in [1.82, 2.24) is 18.7 Å². The van der Waals surface area contributed by atoms with Crippen molar-refractivity contribution in [2.45, 2.75) is 40.2 Å². The second-order valence-corrected chi connectivity index (χ2v) is 9.14. The number of esters is 1. The van der Waals surface area contributed by atoms with Crippen molar-refractivity contribution in [3.05, 3.63) is 61.0 Å². The van der Waals surface area contributed by atoms with E-state index in [1.54, 1.807) is 14.0 Å². The van der Waals surface area contributed by atoms with Crippen LogP contribution in [0.4, 0.5) is 0 Å². The summed E-state index contributed by atoms with van der Waals surface area (Å²) in [5.41, 5.74) is 0.168. The fraction of sp³-hybridized carbons (Fsp3) is 0.455. The number of benzene rings is 1. The zero-order valence-electron chi connectivity index (χ0n) is 18.4. The summed E-state index contributed by atoms with van der Waals surface area (Å²) >= 11 is 3.48. The Hall–Kier alpha value is -2.68. The SMILES string of the molecule is CCOC(=O)C(C)(C)CCc1nc2c(c(=O)n(C)c(=O)n2C)n1Cc1cccc(Br)c1. The summed E-state index contributed by atoms with van der Waals surface area (Å²) in [5.74, 6) is 0.374. The van der Waals surface area contributed by atoms with Gasteiger partial charge in [0.1, 0.15) is 5.82 Å². The molecule has 0 saturated heterocycles. The molecule has 166 valence electrons. The zero-order valence-corrected chi connectivity index (χ0v) is 20.0. The van der Waals surface area contributed by atoms with E-state index < -0.39 is 16.7 Å². The molecule has 0 amide bonds. The molecule has 0 fully saturated rings. The third kappa shape index (κ3) is 4.51. The molecule has 0 spiro atoms. The number of nitrogens with zero attached hydrogens (tertiary/aromatic N) is 4. The van der Waals surface area contributed by atoms with Crippen molar-refractivity contribution in [2.75, 3.05) is 6.61 Å². The molecule has 2 heterocycles. The molecule has 3 aromatic rings. The second-order valence-electron chi connectivity index (χ2n) is 8.23. The van der Waals surface area contributed by atoms with Crippen LogP contribution in [0.3, 0.4) is 0 Å². The number of aromatic nitrogens is 4. The summed E-state index contributed by atoms with van der Waals surface area (Å²) in [6, 6.07) is 7.80. The van der Waals surface area contributed by atoms with Crippen LogP contribution in [0.1, 0.15) is 38.6 Å². The topological polar surface area (TPSA) is 88.1 Å². The average Bonchev–Trinajstić information content (AvgIpc) is 3.08. The normalized spacial score (nSPS) is 11.8. The van der Waals surface area contributed by atoms with Crippen LogP contribution in [0.25, 0.3) is 11.2 Å². The van der Waals surface area contributed by atoms with Gasteiger partial charge in [0.15, 0.2) is 11.2 Å². The van der Waals surface area contributed by atoms with Crippen LogP contribution in [-0.2, 0) is 36.6 Å². The first-order valence-corrected chi connectivity index (χ1v) is 10.9. The van der Waals surface area contributed by atoms with Gasteiger partial charge in [-0.25, -0.2) is 9.78 Å². The van der Waals surface area contributed by atoms with Crippen LogP contribution in [-0.4, -0.2) is 31.3 Å². The highest BCUT2D eigenvalue weighted by atomic mass is 79.9. The lowest BCUT2D eigenvalue weighted by molar-refractivity contribution is -0.153. The standard InChI is InChI=1S/C22H27BrN4O4/c1-6-31-20(29)22(2,3)11-10-16-24-18-17(19(28)26(5)21(30)25(18)4)27(16)13-14-8-7-9-15(23)12-14/h7-9,12H,6,10-11,13H2,1-5H3. The largest absolute Gasteiger partial charge is 0.466 e. The number of aryl methyl sites for hydroxylation is 2. The van der Waals surface area contributed by atoms with Crippen LogP contribution in [0.2, 0.25) is 0 Å². The fourth-order valence-corrected chi connectivity index (χ4v) is 3.97. The Bertz CT molecular complexity index is 1250. The maximum absolute atomic E-state index is 13.0. The minimum atomic E-state index is -0.703. The van der Waals surface area contributed by atoms with E-state index in [4.69, 9.17) is 4.74 Å². The number of halogens is 1. The molecular weight excluding hydrogens is 464 g/mol. The van der Waals surface area contributed by atoms with Crippen molar-refractivity contribution < 1.29 is 9.53 Å². The monoisotopic (exact) mass is 490 g/mol. The maximum Gasteiger partial charge on any atom is 0.332 e. The minimum absolute atomic E-state index is 0.270. The van der Waals surface area contributed by atoms with Crippen LogP contribution in [0.15, 0.2) is 38.3 Å². The lowest BCUT2D eigenvalue weighted by Gasteiger charge is -2.22. The highest BCUT2D eigenvalue weighted by Gasteiger charge is 2.30. The van der Waals surface area contributed by atoms with E-state index in [1.807, 2.05) is 42.7 Å². The van der Waals surface area contributed by atoms with Crippen molar-refractivity contribution in [3.8, 4) is 0 Å². The number of imidazole rings is 1. The molecule has 0 aliphatic carbocycles. The van der Waals surface area contributed by atoms with Crippen LogP contribution >= 0.6 is 15.9 Å². The van der Waals surface area contributed by atoms with Gasteiger partial charge in [-0.15, -0.1) is 0 Å². The molecule has 31 heavy (non-hydrogen) atoms. The number of rotatable bonds is 7. The predicted molar refractivity (Wildman–Crippen MR) is 122 cm³/mol. The summed E-state index contributed by atoms with van der Waals surface area (Å²) in [7, 11) is 3.07. The Morgan fingerprint density at radius 3 is 2.55 bits per heavy atom. The molecule has 3 rings (SSSR count). The first kappa shape index (κ1) is 23.0.